The number of rotatable bonds is 5. The zero-order chi connectivity index (χ0) is 18.8. The van der Waals surface area contributed by atoms with Gasteiger partial charge >= 0.3 is 0 Å². The first-order chi connectivity index (χ1) is 11.6. The van der Waals surface area contributed by atoms with E-state index in [-0.39, 0.29) is 5.91 Å². The second-order valence-electron chi connectivity index (χ2n) is 6.38. The Morgan fingerprint density at radius 3 is 2.12 bits per heavy atom. The molecule has 0 aliphatic rings. The number of aryl methyl sites for hydroxylation is 3. The first-order valence-corrected chi connectivity index (χ1v) is 9.88. The predicted octanol–water partition coefficient (Wildman–Crippen LogP) is 3.41. The highest BCUT2D eigenvalue weighted by Crippen LogP contribution is 2.23. The number of carbonyl (C=O) groups excluding carboxylic acids is 1. The molecule has 0 bridgehead atoms. The van der Waals surface area contributed by atoms with Crippen LogP contribution in [0, 0.1) is 20.8 Å². The first kappa shape index (κ1) is 19.0. The molecule has 0 radical (unpaired) electrons. The SMILES string of the molecule is Cc1ccc(N(C(C)C(=O)Nc2cc(C)ccc2C)S(C)(=O)=O)cc1. The summed E-state index contributed by atoms with van der Waals surface area (Å²) in [5.74, 6) is -0.375. The van der Waals surface area contributed by atoms with E-state index >= 15 is 0 Å². The van der Waals surface area contributed by atoms with Crippen molar-refractivity contribution in [1.29, 1.82) is 0 Å². The van der Waals surface area contributed by atoms with Crippen LogP contribution in [0.25, 0.3) is 0 Å². The zero-order valence-electron chi connectivity index (χ0n) is 15.2. The van der Waals surface area contributed by atoms with E-state index in [4.69, 9.17) is 0 Å². The summed E-state index contributed by atoms with van der Waals surface area (Å²) in [7, 11) is -3.61. The Kier molecular flexibility index (Phi) is 5.52. The predicted molar refractivity (Wildman–Crippen MR) is 103 cm³/mol. The molecule has 0 fully saturated rings. The van der Waals surface area contributed by atoms with Crippen molar-refractivity contribution in [2.75, 3.05) is 15.9 Å². The lowest BCUT2D eigenvalue weighted by molar-refractivity contribution is -0.116. The highest BCUT2D eigenvalue weighted by atomic mass is 32.2. The van der Waals surface area contributed by atoms with Crippen LogP contribution >= 0.6 is 0 Å². The monoisotopic (exact) mass is 360 g/mol. The number of nitrogens with one attached hydrogen (secondary N) is 1. The van der Waals surface area contributed by atoms with E-state index in [1.807, 2.05) is 51.1 Å². The molecule has 6 heteroatoms. The molecule has 1 amide bonds. The fourth-order valence-electron chi connectivity index (χ4n) is 2.61. The number of hydrogen-bond donors (Lipinski definition) is 1. The molecule has 0 aliphatic carbocycles. The summed E-state index contributed by atoms with van der Waals surface area (Å²) in [6, 6.07) is 11.9. The van der Waals surface area contributed by atoms with Gasteiger partial charge in [0.05, 0.1) is 11.9 Å². The Hall–Kier alpha value is -2.34. The van der Waals surface area contributed by atoms with Crippen molar-refractivity contribution in [2.45, 2.75) is 33.7 Å². The highest BCUT2D eigenvalue weighted by molar-refractivity contribution is 7.92. The molecule has 0 aromatic heterocycles. The maximum Gasteiger partial charge on any atom is 0.248 e. The van der Waals surface area contributed by atoms with Gasteiger partial charge in [0.1, 0.15) is 6.04 Å². The van der Waals surface area contributed by atoms with Gasteiger partial charge in [0.15, 0.2) is 0 Å². The van der Waals surface area contributed by atoms with Gasteiger partial charge in [-0.05, 0) is 57.0 Å². The third kappa shape index (κ3) is 4.60. The molecule has 2 rings (SSSR count). The molecule has 25 heavy (non-hydrogen) atoms. The minimum absolute atomic E-state index is 0.375. The molecule has 134 valence electrons. The topological polar surface area (TPSA) is 66.5 Å². The van der Waals surface area contributed by atoms with Crippen molar-refractivity contribution >= 4 is 27.3 Å². The third-order valence-electron chi connectivity index (χ3n) is 4.03. The minimum Gasteiger partial charge on any atom is -0.324 e. The van der Waals surface area contributed by atoms with Crippen LogP contribution in [0.5, 0.6) is 0 Å². The van der Waals surface area contributed by atoms with Gasteiger partial charge in [-0.2, -0.15) is 0 Å². The lowest BCUT2D eigenvalue weighted by Crippen LogP contribution is -2.45. The van der Waals surface area contributed by atoms with Gasteiger partial charge in [0.2, 0.25) is 15.9 Å². The maximum absolute atomic E-state index is 12.7. The summed E-state index contributed by atoms with van der Waals surface area (Å²) in [6.07, 6.45) is 1.11. The molecular formula is C19H24N2O3S. The second kappa shape index (κ2) is 7.27. The fraction of sp³-hybridized carbons (Fsp3) is 0.316. The summed E-state index contributed by atoms with van der Waals surface area (Å²) in [4.78, 5) is 12.7. The van der Waals surface area contributed by atoms with Crippen molar-refractivity contribution in [3.8, 4) is 0 Å². The van der Waals surface area contributed by atoms with Crippen molar-refractivity contribution < 1.29 is 13.2 Å². The molecule has 2 aromatic carbocycles. The summed E-state index contributed by atoms with van der Waals surface area (Å²) >= 11 is 0. The van der Waals surface area contributed by atoms with Crippen LogP contribution in [-0.4, -0.2) is 26.6 Å². The van der Waals surface area contributed by atoms with Gasteiger partial charge in [0, 0.05) is 5.69 Å². The van der Waals surface area contributed by atoms with E-state index in [9.17, 15) is 13.2 Å². The first-order valence-electron chi connectivity index (χ1n) is 8.04. The normalized spacial score (nSPS) is 12.5. The molecule has 2 aromatic rings. The molecule has 5 nitrogen and oxygen atoms in total. The maximum atomic E-state index is 12.7. The summed E-state index contributed by atoms with van der Waals surface area (Å²) < 4.78 is 25.7. The van der Waals surface area contributed by atoms with Crippen LogP contribution in [0.2, 0.25) is 0 Å². The van der Waals surface area contributed by atoms with Crippen molar-refractivity contribution in [2.24, 2.45) is 0 Å². The minimum atomic E-state index is -3.61. The van der Waals surface area contributed by atoms with Crippen LogP contribution in [0.15, 0.2) is 42.5 Å². The van der Waals surface area contributed by atoms with Crippen molar-refractivity contribution in [1.82, 2.24) is 0 Å². The van der Waals surface area contributed by atoms with Crippen LogP contribution in [-0.2, 0) is 14.8 Å². The Morgan fingerprint density at radius 1 is 1.00 bits per heavy atom. The zero-order valence-corrected chi connectivity index (χ0v) is 16.0. The van der Waals surface area contributed by atoms with E-state index in [0.717, 1.165) is 27.3 Å². The van der Waals surface area contributed by atoms with Gasteiger partial charge in [-0.15, -0.1) is 0 Å². The molecule has 1 atom stereocenters. The van der Waals surface area contributed by atoms with E-state index in [0.29, 0.717) is 11.4 Å². The largest absolute Gasteiger partial charge is 0.324 e. The summed E-state index contributed by atoms with van der Waals surface area (Å²) in [5.41, 5.74) is 4.12. The van der Waals surface area contributed by atoms with Crippen molar-refractivity contribution in [3.63, 3.8) is 0 Å². The van der Waals surface area contributed by atoms with E-state index in [1.165, 1.54) is 0 Å². The lowest BCUT2D eigenvalue weighted by atomic mass is 10.1. The van der Waals surface area contributed by atoms with Gasteiger partial charge in [0.25, 0.3) is 0 Å². The standard InChI is InChI=1S/C19H24N2O3S/c1-13-7-10-17(11-8-13)21(25(5,23)24)16(4)19(22)20-18-12-14(2)6-9-15(18)3/h6-12,16H,1-5H3,(H,20,22). The molecular weight excluding hydrogens is 336 g/mol. The van der Waals surface area contributed by atoms with Crippen molar-refractivity contribution in [3.05, 3.63) is 59.2 Å². The smallest absolute Gasteiger partial charge is 0.248 e. The van der Waals surface area contributed by atoms with Gasteiger partial charge in [-0.25, -0.2) is 8.42 Å². The van der Waals surface area contributed by atoms with E-state index in [2.05, 4.69) is 5.32 Å². The van der Waals surface area contributed by atoms with E-state index in [1.54, 1.807) is 19.1 Å². The molecule has 0 spiro atoms. The average molecular weight is 360 g/mol. The van der Waals surface area contributed by atoms with Gasteiger partial charge < -0.3 is 5.32 Å². The number of nitrogens with zero attached hydrogens (tertiary/aromatic N) is 1. The average Bonchev–Trinajstić information content (AvgIpc) is 2.51. The number of benzene rings is 2. The number of carbonyl (C=O) groups is 1. The van der Waals surface area contributed by atoms with Gasteiger partial charge in [-0.1, -0.05) is 29.8 Å². The quantitative estimate of drug-likeness (QED) is 0.888. The Balaban J connectivity index is 2.33. The Morgan fingerprint density at radius 2 is 1.56 bits per heavy atom. The third-order valence-corrected chi connectivity index (χ3v) is 5.27. The van der Waals surface area contributed by atoms with Crippen LogP contribution < -0.4 is 9.62 Å². The number of anilines is 2. The molecule has 0 aliphatic heterocycles. The number of sulfonamides is 1. The summed E-state index contributed by atoms with van der Waals surface area (Å²) in [5, 5.41) is 2.84. The summed E-state index contributed by atoms with van der Waals surface area (Å²) in [6.45, 7) is 7.34. The van der Waals surface area contributed by atoms with E-state index < -0.39 is 16.1 Å². The Labute approximate surface area is 149 Å². The number of amides is 1. The Bertz CT molecular complexity index is 874. The molecule has 0 heterocycles. The van der Waals surface area contributed by atoms with Crippen LogP contribution in [0.1, 0.15) is 23.6 Å². The van der Waals surface area contributed by atoms with Crippen LogP contribution in [0.3, 0.4) is 0 Å². The highest BCUT2D eigenvalue weighted by Gasteiger charge is 2.29. The molecule has 1 N–H and O–H groups in total. The molecule has 0 saturated heterocycles. The molecule has 0 saturated carbocycles. The van der Waals surface area contributed by atoms with Crippen LogP contribution in [0.4, 0.5) is 11.4 Å². The fourth-order valence-corrected chi connectivity index (χ4v) is 3.78. The van der Waals surface area contributed by atoms with Gasteiger partial charge in [-0.3, -0.25) is 9.10 Å². The second-order valence-corrected chi connectivity index (χ2v) is 8.24. The molecule has 1 unspecified atom stereocenters. The lowest BCUT2D eigenvalue weighted by Gasteiger charge is -2.28. The number of hydrogen-bond acceptors (Lipinski definition) is 3.